The second kappa shape index (κ2) is 5.58. The quantitative estimate of drug-likeness (QED) is 0.666. The van der Waals surface area contributed by atoms with E-state index >= 15 is 0 Å². The van der Waals surface area contributed by atoms with Gasteiger partial charge in [0.15, 0.2) is 5.52 Å². The lowest BCUT2D eigenvalue weighted by molar-refractivity contribution is -0.383. The predicted octanol–water partition coefficient (Wildman–Crippen LogP) is 1.22. The van der Waals surface area contributed by atoms with Crippen molar-refractivity contribution in [3.8, 4) is 0 Å². The number of carbonyl (C=O) groups excluding carboxylic acids is 1. The average molecular weight is 305 g/mol. The predicted molar refractivity (Wildman–Crippen MR) is 77.2 cm³/mol. The number of anilines is 1. The molecule has 2 heterocycles. The monoisotopic (exact) mass is 305 g/mol. The summed E-state index contributed by atoms with van der Waals surface area (Å²) in [6.07, 6.45) is 2.22. The molecule has 1 aromatic carbocycles. The molecule has 1 atom stereocenters. The molecule has 9 nitrogen and oxygen atoms in total. The van der Waals surface area contributed by atoms with Crippen molar-refractivity contribution in [3.63, 3.8) is 0 Å². The third-order valence-electron chi connectivity index (χ3n) is 4.04. The Morgan fingerprint density at radius 3 is 2.82 bits per heavy atom. The summed E-state index contributed by atoms with van der Waals surface area (Å²) in [7, 11) is 0. The Bertz CT molecular complexity index is 728. The van der Waals surface area contributed by atoms with Crippen molar-refractivity contribution < 1.29 is 14.3 Å². The van der Waals surface area contributed by atoms with E-state index in [0.29, 0.717) is 18.5 Å². The number of rotatable bonds is 3. The van der Waals surface area contributed by atoms with Crippen LogP contribution < -0.4 is 10.6 Å². The second-order valence-corrected chi connectivity index (χ2v) is 5.34. The summed E-state index contributed by atoms with van der Waals surface area (Å²) in [6.45, 7) is 1.36. The fourth-order valence-corrected chi connectivity index (χ4v) is 2.86. The fourth-order valence-electron chi connectivity index (χ4n) is 2.86. The molecule has 0 radical (unpaired) electrons. The molecule has 0 aliphatic carbocycles. The number of hydrogen-bond acceptors (Lipinski definition) is 7. The third-order valence-corrected chi connectivity index (χ3v) is 4.04. The lowest BCUT2D eigenvalue weighted by Gasteiger charge is -2.22. The van der Waals surface area contributed by atoms with Gasteiger partial charge in [-0.3, -0.25) is 14.9 Å². The number of fused-ring (bicyclic) bond motifs is 1. The topological polar surface area (TPSA) is 128 Å². The summed E-state index contributed by atoms with van der Waals surface area (Å²) in [5.41, 5.74) is 6.48. The van der Waals surface area contributed by atoms with Crippen molar-refractivity contribution in [2.45, 2.75) is 19.3 Å². The fraction of sp³-hybridized carbons (Fsp3) is 0.462. The van der Waals surface area contributed by atoms with Gasteiger partial charge in [0.1, 0.15) is 0 Å². The molecule has 22 heavy (non-hydrogen) atoms. The Kier molecular flexibility index (Phi) is 3.61. The van der Waals surface area contributed by atoms with Gasteiger partial charge in [-0.25, -0.2) is 4.63 Å². The maximum absolute atomic E-state index is 11.3. The van der Waals surface area contributed by atoms with E-state index in [1.807, 2.05) is 4.90 Å². The zero-order valence-electron chi connectivity index (χ0n) is 11.8. The Hall–Kier alpha value is -2.71. The molecule has 2 aromatic rings. The Morgan fingerprint density at radius 2 is 2.09 bits per heavy atom. The van der Waals surface area contributed by atoms with E-state index in [1.165, 1.54) is 6.07 Å². The molecule has 1 amide bonds. The first-order chi connectivity index (χ1) is 10.6. The number of carbonyl (C=O) groups is 1. The average Bonchev–Trinajstić information content (AvgIpc) is 2.83. The van der Waals surface area contributed by atoms with Gasteiger partial charge in [-0.05, 0) is 35.6 Å². The highest BCUT2D eigenvalue weighted by molar-refractivity contribution is 5.93. The number of nitrogens with two attached hydrogens (primary N) is 1. The van der Waals surface area contributed by atoms with Crippen LogP contribution in [0.2, 0.25) is 0 Å². The van der Waals surface area contributed by atoms with Gasteiger partial charge in [0, 0.05) is 25.1 Å². The largest absolute Gasteiger partial charge is 0.370 e. The molecule has 116 valence electrons. The highest BCUT2D eigenvalue weighted by Crippen LogP contribution is 2.32. The lowest BCUT2D eigenvalue weighted by atomic mass is 10.0. The Labute approximate surface area is 125 Å². The molecule has 1 aliphatic rings. The minimum absolute atomic E-state index is 0.131. The van der Waals surface area contributed by atoms with Gasteiger partial charge in [-0.15, -0.1) is 0 Å². The summed E-state index contributed by atoms with van der Waals surface area (Å²) in [5.74, 6) is -0.409. The first-order valence-electron chi connectivity index (χ1n) is 7.02. The van der Waals surface area contributed by atoms with Crippen LogP contribution in [-0.4, -0.2) is 34.2 Å². The van der Waals surface area contributed by atoms with Gasteiger partial charge >= 0.3 is 5.69 Å². The van der Waals surface area contributed by atoms with Crippen LogP contribution in [0.4, 0.5) is 11.4 Å². The molecular formula is C13H15N5O4. The lowest BCUT2D eigenvalue weighted by Crippen LogP contribution is -2.27. The van der Waals surface area contributed by atoms with Crippen molar-refractivity contribution in [1.29, 1.82) is 0 Å². The molecule has 0 spiro atoms. The maximum atomic E-state index is 11.3. The van der Waals surface area contributed by atoms with Gasteiger partial charge < -0.3 is 10.6 Å². The second-order valence-electron chi connectivity index (χ2n) is 5.34. The zero-order chi connectivity index (χ0) is 15.7. The normalized spacial score (nSPS) is 19.1. The van der Waals surface area contributed by atoms with E-state index < -0.39 is 4.92 Å². The standard InChI is InChI=1S/C13H15N5O4/c14-13(19)8-2-1-6-17(7-5-8)9-3-4-10(18(20)21)12-11(9)15-22-16-12/h3-4,8H,1-2,5-7H2,(H2,14,19). The number of non-ortho nitro benzene ring substituents is 1. The first-order valence-corrected chi connectivity index (χ1v) is 7.02. The van der Waals surface area contributed by atoms with Crippen LogP contribution in [0.3, 0.4) is 0 Å². The number of aromatic nitrogens is 2. The van der Waals surface area contributed by atoms with E-state index in [0.717, 1.165) is 25.1 Å². The van der Waals surface area contributed by atoms with Crippen LogP contribution in [0.1, 0.15) is 19.3 Å². The Morgan fingerprint density at radius 1 is 1.32 bits per heavy atom. The van der Waals surface area contributed by atoms with E-state index in [1.54, 1.807) is 6.07 Å². The first kappa shape index (κ1) is 14.2. The zero-order valence-corrected chi connectivity index (χ0v) is 11.8. The molecular weight excluding hydrogens is 290 g/mol. The molecule has 1 fully saturated rings. The highest BCUT2D eigenvalue weighted by atomic mass is 16.6. The molecule has 2 N–H and O–H groups in total. The molecule has 3 rings (SSSR count). The van der Waals surface area contributed by atoms with Crippen LogP contribution in [0, 0.1) is 16.0 Å². The number of benzene rings is 1. The van der Waals surface area contributed by atoms with Crippen molar-refractivity contribution in [3.05, 3.63) is 22.2 Å². The SMILES string of the molecule is NC(=O)C1CCCN(c2ccc([N+](=O)[O-])c3nonc23)CC1. The smallest absolute Gasteiger partial charge is 0.300 e. The molecule has 0 bridgehead atoms. The van der Waals surface area contributed by atoms with E-state index in [2.05, 4.69) is 14.9 Å². The van der Waals surface area contributed by atoms with E-state index in [-0.39, 0.29) is 23.0 Å². The van der Waals surface area contributed by atoms with E-state index in [9.17, 15) is 14.9 Å². The molecule has 9 heteroatoms. The van der Waals surface area contributed by atoms with Crippen molar-refractivity contribution in [2.24, 2.45) is 11.7 Å². The minimum Gasteiger partial charge on any atom is -0.370 e. The third kappa shape index (κ3) is 2.45. The molecule has 0 saturated carbocycles. The van der Waals surface area contributed by atoms with Gasteiger partial charge in [0.2, 0.25) is 11.4 Å². The van der Waals surface area contributed by atoms with Gasteiger partial charge in [-0.2, -0.15) is 0 Å². The number of hydrogen-bond donors (Lipinski definition) is 1. The summed E-state index contributed by atoms with van der Waals surface area (Å²) in [4.78, 5) is 23.9. The maximum Gasteiger partial charge on any atom is 0.300 e. The van der Waals surface area contributed by atoms with Gasteiger partial charge in [0.05, 0.1) is 10.6 Å². The summed E-state index contributed by atoms with van der Waals surface area (Å²) >= 11 is 0. The minimum atomic E-state index is -0.512. The highest BCUT2D eigenvalue weighted by Gasteiger charge is 2.25. The molecule has 1 unspecified atom stereocenters. The van der Waals surface area contributed by atoms with E-state index in [4.69, 9.17) is 5.73 Å². The summed E-state index contributed by atoms with van der Waals surface area (Å²) in [6, 6.07) is 3.05. The number of nitro benzene ring substituents is 1. The Balaban J connectivity index is 1.94. The number of nitrogens with zero attached hydrogens (tertiary/aromatic N) is 4. The molecule has 1 aromatic heterocycles. The summed E-state index contributed by atoms with van der Waals surface area (Å²) < 4.78 is 4.67. The van der Waals surface area contributed by atoms with Crippen LogP contribution in [0.5, 0.6) is 0 Å². The molecule has 1 saturated heterocycles. The van der Waals surface area contributed by atoms with Gasteiger partial charge in [0.25, 0.3) is 0 Å². The van der Waals surface area contributed by atoms with Crippen LogP contribution >= 0.6 is 0 Å². The van der Waals surface area contributed by atoms with Crippen LogP contribution in [0.25, 0.3) is 11.0 Å². The van der Waals surface area contributed by atoms with Crippen LogP contribution in [0.15, 0.2) is 16.8 Å². The number of amides is 1. The number of nitro groups is 1. The van der Waals surface area contributed by atoms with Crippen molar-refractivity contribution in [1.82, 2.24) is 10.3 Å². The summed E-state index contributed by atoms with van der Waals surface area (Å²) in [5, 5.41) is 18.4. The number of primary amides is 1. The van der Waals surface area contributed by atoms with Crippen molar-refractivity contribution >= 4 is 28.3 Å². The van der Waals surface area contributed by atoms with Crippen molar-refractivity contribution in [2.75, 3.05) is 18.0 Å². The van der Waals surface area contributed by atoms with Crippen LogP contribution in [-0.2, 0) is 4.79 Å². The molecule has 1 aliphatic heterocycles. The van der Waals surface area contributed by atoms with Gasteiger partial charge in [-0.1, -0.05) is 0 Å².